The van der Waals surface area contributed by atoms with Crippen molar-refractivity contribution in [2.45, 2.75) is 428 Å². The van der Waals surface area contributed by atoms with Gasteiger partial charge >= 0.3 is 0 Å². The summed E-state index contributed by atoms with van der Waals surface area (Å²) in [5.74, 6) is -0.691. The van der Waals surface area contributed by atoms with Crippen LogP contribution in [-0.2, 0) is 14.3 Å². The van der Waals surface area contributed by atoms with Crippen molar-refractivity contribution in [3.05, 3.63) is 24.3 Å². The number of aliphatic hydroxyl groups excluding tert-OH is 7. The SMILES string of the molecule is CCCCCCCCCCC/C=C\C/C=C\CCCCCCCCCCCCCCC(O)C(=O)NC(COC1OC(CO)C(O)C(O)C1O)C(O)C(O)CCCCCCCCCCCCCCCCCCCCCCCCCCCCCCCC. The summed E-state index contributed by atoms with van der Waals surface area (Å²) in [6.45, 7) is 3.52. The summed E-state index contributed by atoms with van der Waals surface area (Å²) >= 11 is 0. The fraction of sp³-hybridized carbons (Fsp3) is 0.932. The molecule has 1 heterocycles. The van der Waals surface area contributed by atoms with Gasteiger partial charge in [-0.1, -0.05) is 353 Å². The van der Waals surface area contributed by atoms with Gasteiger partial charge < -0.3 is 50.5 Å². The minimum Gasteiger partial charge on any atom is -0.394 e. The quantitative estimate of drug-likeness (QED) is 0.0215. The lowest BCUT2D eigenvalue weighted by Crippen LogP contribution is -2.60. The average molecular weight is 1210 g/mol. The fourth-order valence-corrected chi connectivity index (χ4v) is 12.3. The molecule has 0 saturated carbocycles. The zero-order valence-electron chi connectivity index (χ0n) is 55.9. The highest BCUT2D eigenvalue weighted by Crippen LogP contribution is 2.24. The number of hydrogen-bond acceptors (Lipinski definition) is 10. The number of ether oxygens (including phenoxy) is 2. The van der Waals surface area contributed by atoms with Gasteiger partial charge in [0.05, 0.1) is 25.4 Å². The molecule has 11 heteroatoms. The molecule has 11 nitrogen and oxygen atoms in total. The lowest BCUT2D eigenvalue weighted by molar-refractivity contribution is -0.303. The second-order valence-electron chi connectivity index (χ2n) is 26.4. The number of carbonyl (C=O) groups excluding carboxylic acids is 1. The number of aliphatic hydroxyl groups is 7. The van der Waals surface area contributed by atoms with Gasteiger partial charge in [-0.05, 0) is 44.9 Å². The first-order chi connectivity index (χ1) is 41.7. The van der Waals surface area contributed by atoms with Crippen LogP contribution in [0.5, 0.6) is 0 Å². The second kappa shape index (κ2) is 62.8. The second-order valence-corrected chi connectivity index (χ2v) is 26.4. The summed E-state index contributed by atoms with van der Waals surface area (Å²) in [5, 5.41) is 76.7. The molecule has 0 spiro atoms. The van der Waals surface area contributed by atoms with Crippen LogP contribution in [0.25, 0.3) is 0 Å². The molecular formula is C74H143NO10. The smallest absolute Gasteiger partial charge is 0.249 e. The minimum absolute atomic E-state index is 0.261. The number of allylic oxidation sites excluding steroid dienone is 4. The van der Waals surface area contributed by atoms with Gasteiger partial charge in [-0.2, -0.15) is 0 Å². The molecule has 1 aliphatic rings. The molecule has 1 aliphatic heterocycles. The minimum atomic E-state index is -1.66. The Morgan fingerprint density at radius 3 is 1.05 bits per heavy atom. The van der Waals surface area contributed by atoms with E-state index in [4.69, 9.17) is 9.47 Å². The fourth-order valence-electron chi connectivity index (χ4n) is 12.3. The number of amides is 1. The lowest BCUT2D eigenvalue weighted by Gasteiger charge is -2.40. The molecule has 0 aromatic carbocycles. The molecule has 1 saturated heterocycles. The van der Waals surface area contributed by atoms with Crippen LogP contribution in [0.1, 0.15) is 373 Å². The molecule has 1 rings (SSSR count). The van der Waals surface area contributed by atoms with Crippen molar-refractivity contribution in [1.82, 2.24) is 5.32 Å². The standard InChI is InChI=1S/C74H143NO10/c1-3-5-7-9-11-13-15-17-19-21-23-25-27-29-31-33-34-36-37-39-41-43-45-47-49-51-53-55-57-59-61-66(77)69(79)65(64-84-74-72(82)71(81)70(80)68(63-76)85-74)75-73(83)67(78)62-60-58-56-54-52-50-48-46-44-42-40-38-35-32-30-28-26-24-22-20-18-16-14-12-10-8-6-4-2/h24,26,30,32,65-72,74,76-82H,3-23,25,27-29,31,33-64H2,1-2H3,(H,75,83)/b26-24-,32-30-. The highest BCUT2D eigenvalue weighted by atomic mass is 16.7. The predicted molar refractivity (Wildman–Crippen MR) is 358 cm³/mol. The van der Waals surface area contributed by atoms with E-state index in [-0.39, 0.29) is 6.42 Å². The first-order valence-electron chi connectivity index (χ1n) is 37.2. The van der Waals surface area contributed by atoms with Crippen LogP contribution in [0, 0.1) is 0 Å². The van der Waals surface area contributed by atoms with Crippen molar-refractivity contribution < 1.29 is 50.0 Å². The number of hydrogen-bond donors (Lipinski definition) is 8. The molecule has 85 heavy (non-hydrogen) atoms. The maximum Gasteiger partial charge on any atom is 0.249 e. The maximum atomic E-state index is 13.3. The topological polar surface area (TPSA) is 189 Å². The molecule has 0 aromatic rings. The van der Waals surface area contributed by atoms with Crippen LogP contribution < -0.4 is 5.32 Å². The van der Waals surface area contributed by atoms with Crippen molar-refractivity contribution >= 4 is 5.91 Å². The van der Waals surface area contributed by atoms with Crippen LogP contribution in [-0.4, -0.2) is 110 Å². The first-order valence-corrected chi connectivity index (χ1v) is 37.2. The number of nitrogens with one attached hydrogen (secondary N) is 1. The third-order valence-electron chi connectivity index (χ3n) is 18.3. The Morgan fingerprint density at radius 2 is 0.718 bits per heavy atom. The summed E-state index contributed by atoms with van der Waals surface area (Å²) in [4.78, 5) is 13.3. The van der Waals surface area contributed by atoms with E-state index in [1.54, 1.807) is 0 Å². The number of unbranched alkanes of at least 4 members (excludes halogenated alkanes) is 50. The number of carbonyl (C=O) groups is 1. The molecule has 9 atom stereocenters. The Labute approximate surface area is 524 Å². The molecule has 1 amide bonds. The van der Waals surface area contributed by atoms with Gasteiger partial charge in [-0.15, -0.1) is 0 Å². The Hall–Kier alpha value is -1.41. The largest absolute Gasteiger partial charge is 0.394 e. The Bertz CT molecular complexity index is 1430. The van der Waals surface area contributed by atoms with Crippen LogP contribution in [0.15, 0.2) is 24.3 Å². The van der Waals surface area contributed by atoms with Crippen molar-refractivity contribution in [1.29, 1.82) is 0 Å². The first kappa shape index (κ1) is 81.6. The molecule has 0 bridgehead atoms. The van der Waals surface area contributed by atoms with E-state index in [1.165, 1.54) is 289 Å². The molecule has 8 N–H and O–H groups in total. The Morgan fingerprint density at radius 1 is 0.412 bits per heavy atom. The van der Waals surface area contributed by atoms with E-state index in [0.717, 1.165) is 44.9 Å². The van der Waals surface area contributed by atoms with E-state index in [0.29, 0.717) is 19.3 Å². The zero-order valence-corrected chi connectivity index (χ0v) is 55.9. The van der Waals surface area contributed by atoms with E-state index in [1.807, 2.05) is 0 Å². The molecule has 0 aliphatic carbocycles. The van der Waals surface area contributed by atoms with E-state index in [2.05, 4.69) is 43.5 Å². The summed E-state index contributed by atoms with van der Waals surface area (Å²) in [7, 11) is 0. The third kappa shape index (κ3) is 50.0. The molecule has 504 valence electrons. The molecule has 9 unspecified atom stereocenters. The maximum absolute atomic E-state index is 13.3. The molecule has 0 radical (unpaired) electrons. The summed E-state index contributed by atoms with van der Waals surface area (Å²) < 4.78 is 11.2. The van der Waals surface area contributed by atoms with Crippen molar-refractivity contribution in [3.63, 3.8) is 0 Å². The average Bonchev–Trinajstić information content (AvgIpc) is 3.70. The third-order valence-corrected chi connectivity index (χ3v) is 18.3. The van der Waals surface area contributed by atoms with Gasteiger partial charge in [0.2, 0.25) is 5.91 Å². The number of rotatable bonds is 66. The van der Waals surface area contributed by atoms with Gasteiger partial charge in [0.1, 0.15) is 36.6 Å². The van der Waals surface area contributed by atoms with Crippen LogP contribution in [0.4, 0.5) is 0 Å². The van der Waals surface area contributed by atoms with Crippen molar-refractivity contribution in [2.75, 3.05) is 13.2 Å². The van der Waals surface area contributed by atoms with E-state index in [9.17, 15) is 40.5 Å². The summed E-state index contributed by atoms with van der Waals surface area (Å²) in [6.07, 6.45) is 68.4. The van der Waals surface area contributed by atoms with Crippen LogP contribution in [0.3, 0.4) is 0 Å². The predicted octanol–water partition coefficient (Wildman–Crippen LogP) is 18.4. The monoisotopic (exact) mass is 1210 g/mol. The van der Waals surface area contributed by atoms with Crippen LogP contribution in [0.2, 0.25) is 0 Å². The normalized spacial score (nSPS) is 18.9. The molecular weight excluding hydrogens is 1060 g/mol. The van der Waals surface area contributed by atoms with E-state index >= 15 is 0 Å². The lowest BCUT2D eigenvalue weighted by atomic mass is 9.98. The van der Waals surface area contributed by atoms with Crippen molar-refractivity contribution in [3.8, 4) is 0 Å². The van der Waals surface area contributed by atoms with Gasteiger partial charge in [-0.3, -0.25) is 4.79 Å². The van der Waals surface area contributed by atoms with Crippen LogP contribution >= 0.6 is 0 Å². The Kier molecular flexibility index (Phi) is 60.3. The highest BCUT2D eigenvalue weighted by Gasteiger charge is 2.44. The summed E-state index contributed by atoms with van der Waals surface area (Å²) in [6, 6.07) is -1.17. The van der Waals surface area contributed by atoms with Gasteiger partial charge in [0.25, 0.3) is 0 Å². The highest BCUT2D eigenvalue weighted by molar-refractivity contribution is 5.80. The van der Waals surface area contributed by atoms with Gasteiger partial charge in [0.15, 0.2) is 6.29 Å². The molecule has 0 aromatic heterocycles. The van der Waals surface area contributed by atoms with E-state index < -0.39 is 74.2 Å². The van der Waals surface area contributed by atoms with Crippen molar-refractivity contribution in [2.24, 2.45) is 0 Å². The molecule has 1 fully saturated rings. The van der Waals surface area contributed by atoms with Gasteiger partial charge in [0, 0.05) is 0 Å². The Balaban J connectivity index is 2.17. The van der Waals surface area contributed by atoms with Gasteiger partial charge in [-0.25, -0.2) is 0 Å². The summed E-state index contributed by atoms with van der Waals surface area (Å²) in [5.41, 5.74) is 0. The zero-order chi connectivity index (χ0) is 61.7.